The van der Waals surface area contributed by atoms with Crippen molar-refractivity contribution in [3.05, 3.63) is 152 Å². The van der Waals surface area contributed by atoms with E-state index < -0.39 is 0 Å². The van der Waals surface area contributed by atoms with Crippen molar-refractivity contribution in [2.24, 2.45) is 0 Å². The third-order valence-corrected chi connectivity index (χ3v) is 10.1. The largest absolute Gasteiger partial charge is 0.293 e. The third kappa shape index (κ3) is 4.02. The second-order valence-corrected chi connectivity index (χ2v) is 12.8. The molecule has 0 unspecified atom stereocenters. The Labute approximate surface area is 274 Å². The summed E-state index contributed by atoms with van der Waals surface area (Å²) in [5.41, 5.74) is 8.62. The van der Waals surface area contributed by atoms with Crippen LogP contribution in [0, 0.1) is 0 Å². The van der Waals surface area contributed by atoms with Gasteiger partial charge in [0.1, 0.15) is 5.65 Å². The number of hydrogen-bond acceptors (Lipinski definition) is 4. The molecule has 0 saturated carbocycles. The quantitative estimate of drug-likeness (QED) is 0.197. The van der Waals surface area contributed by atoms with Crippen LogP contribution in [0.1, 0.15) is 0 Å². The number of para-hydroxylation sites is 3. The Bertz CT molecular complexity index is 2660. The van der Waals surface area contributed by atoms with Crippen LogP contribution in [-0.4, -0.2) is 24.1 Å². The van der Waals surface area contributed by atoms with Crippen LogP contribution in [0.25, 0.3) is 78.4 Å². The van der Waals surface area contributed by atoms with Gasteiger partial charge in [-0.1, -0.05) is 133 Å². The molecule has 0 fully saturated rings. The van der Waals surface area contributed by atoms with Crippen molar-refractivity contribution in [1.82, 2.24) is 24.1 Å². The molecule has 5 nitrogen and oxygen atoms in total. The fraction of sp³-hybridized carbons (Fsp3) is 0. The van der Waals surface area contributed by atoms with Gasteiger partial charge < -0.3 is 0 Å². The zero-order valence-corrected chi connectivity index (χ0v) is 25.9. The summed E-state index contributed by atoms with van der Waals surface area (Å²) in [7, 11) is 0. The molecule has 0 saturated heterocycles. The zero-order valence-electron chi connectivity index (χ0n) is 25.1. The van der Waals surface area contributed by atoms with Gasteiger partial charge >= 0.3 is 0 Å². The van der Waals surface area contributed by atoms with Crippen molar-refractivity contribution in [3.63, 3.8) is 0 Å². The summed E-state index contributed by atoms with van der Waals surface area (Å²) in [6, 6.07) is 52.9. The molecular weight excluding hydrogens is 595 g/mol. The highest BCUT2D eigenvalue weighted by Crippen LogP contribution is 2.49. The fourth-order valence-electron chi connectivity index (χ4n) is 6.91. The second-order valence-electron chi connectivity index (χ2n) is 11.7. The molecule has 6 aromatic carbocycles. The van der Waals surface area contributed by atoms with Gasteiger partial charge in [-0.25, -0.2) is 4.98 Å². The molecule has 220 valence electrons. The molecule has 6 heteroatoms. The van der Waals surface area contributed by atoms with E-state index in [0.29, 0.717) is 17.6 Å². The van der Waals surface area contributed by atoms with E-state index in [1.165, 1.54) is 31.5 Å². The molecule has 0 spiro atoms. The van der Waals surface area contributed by atoms with Crippen molar-refractivity contribution in [2.45, 2.75) is 9.79 Å². The molecule has 1 aliphatic rings. The molecule has 0 N–H and O–H groups in total. The van der Waals surface area contributed by atoms with Gasteiger partial charge in [0.15, 0.2) is 11.6 Å². The van der Waals surface area contributed by atoms with Crippen molar-refractivity contribution in [1.29, 1.82) is 0 Å². The van der Waals surface area contributed by atoms with E-state index in [0.717, 1.165) is 39.1 Å². The molecule has 3 aromatic heterocycles. The maximum Gasteiger partial charge on any atom is 0.239 e. The van der Waals surface area contributed by atoms with Crippen LogP contribution in [-0.2, 0) is 0 Å². The van der Waals surface area contributed by atoms with Crippen molar-refractivity contribution in [3.8, 4) is 45.5 Å². The molecule has 0 bridgehead atoms. The number of fused-ring (bicyclic) bond motifs is 7. The van der Waals surface area contributed by atoms with Gasteiger partial charge in [-0.15, -0.1) is 0 Å². The number of hydrogen-bond donors (Lipinski definition) is 0. The fourth-order valence-corrected chi connectivity index (χ4v) is 8.00. The van der Waals surface area contributed by atoms with Gasteiger partial charge in [0.25, 0.3) is 0 Å². The Morgan fingerprint density at radius 3 is 1.91 bits per heavy atom. The first-order valence-corrected chi connectivity index (χ1v) is 16.4. The predicted octanol–water partition coefficient (Wildman–Crippen LogP) is 10.4. The summed E-state index contributed by atoms with van der Waals surface area (Å²) in [5, 5.41) is 3.59. The average molecular weight is 620 g/mol. The zero-order chi connectivity index (χ0) is 30.9. The van der Waals surface area contributed by atoms with E-state index in [9.17, 15) is 0 Å². The first kappa shape index (κ1) is 26.3. The van der Waals surface area contributed by atoms with E-state index in [4.69, 9.17) is 15.0 Å². The Morgan fingerprint density at radius 2 is 1.06 bits per heavy atom. The lowest BCUT2D eigenvalue weighted by Crippen LogP contribution is -2.10. The molecule has 10 rings (SSSR count). The minimum absolute atomic E-state index is 0.585. The van der Waals surface area contributed by atoms with E-state index >= 15 is 0 Å². The molecule has 47 heavy (non-hydrogen) atoms. The number of rotatable bonds is 4. The minimum Gasteiger partial charge on any atom is -0.293 e. The maximum atomic E-state index is 5.27. The van der Waals surface area contributed by atoms with Crippen molar-refractivity contribution in [2.75, 3.05) is 0 Å². The summed E-state index contributed by atoms with van der Waals surface area (Å²) < 4.78 is 4.65. The molecule has 0 atom stereocenters. The monoisotopic (exact) mass is 619 g/mol. The SMILES string of the molecule is c1ccc(-c2cccc(-c3nc(-c4ccccc4)nc(-n4c5ccccc5c5c6cccc7c6n(c54)-c4ccccc4S7)n3)c2)cc1. The van der Waals surface area contributed by atoms with Gasteiger partial charge in [-0.2, -0.15) is 9.97 Å². The van der Waals surface area contributed by atoms with Crippen LogP contribution in [0.4, 0.5) is 0 Å². The van der Waals surface area contributed by atoms with Gasteiger partial charge in [0.2, 0.25) is 5.95 Å². The number of benzene rings is 6. The Balaban J connectivity index is 1.32. The molecule has 0 aliphatic carbocycles. The minimum atomic E-state index is 0.585. The van der Waals surface area contributed by atoms with Crippen LogP contribution in [0.3, 0.4) is 0 Å². The topological polar surface area (TPSA) is 48.5 Å². The van der Waals surface area contributed by atoms with Crippen LogP contribution >= 0.6 is 11.8 Å². The van der Waals surface area contributed by atoms with E-state index in [2.05, 4.69) is 137 Å². The van der Waals surface area contributed by atoms with Crippen LogP contribution in [0.2, 0.25) is 0 Å². The van der Waals surface area contributed by atoms with Gasteiger partial charge in [0.05, 0.1) is 16.7 Å². The van der Waals surface area contributed by atoms with Crippen LogP contribution in [0.5, 0.6) is 0 Å². The van der Waals surface area contributed by atoms with Gasteiger partial charge in [0, 0.05) is 37.1 Å². The van der Waals surface area contributed by atoms with Gasteiger partial charge in [-0.05, 0) is 41.5 Å². The Hall–Kier alpha value is -5.98. The highest BCUT2D eigenvalue weighted by Gasteiger charge is 2.28. The lowest BCUT2D eigenvalue weighted by molar-refractivity contribution is 0.927. The summed E-state index contributed by atoms with van der Waals surface area (Å²) in [5.74, 6) is 1.85. The van der Waals surface area contributed by atoms with Crippen molar-refractivity contribution < 1.29 is 0 Å². The highest BCUT2D eigenvalue weighted by molar-refractivity contribution is 7.99. The lowest BCUT2D eigenvalue weighted by atomic mass is 10.0. The predicted molar refractivity (Wildman–Crippen MR) is 191 cm³/mol. The molecular formula is C41H25N5S. The van der Waals surface area contributed by atoms with E-state index in [1.807, 2.05) is 36.0 Å². The molecule has 0 radical (unpaired) electrons. The first-order valence-electron chi connectivity index (χ1n) is 15.6. The number of aromatic nitrogens is 5. The Morgan fingerprint density at radius 1 is 0.447 bits per heavy atom. The average Bonchev–Trinajstić information content (AvgIpc) is 3.66. The van der Waals surface area contributed by atoms with Crippen molar-refractivity contribution >= 4 is 44.6 Å². The van der Waals surface area contributed by atoms with E-state index in [-0.39, 0.29) is 0 Å². The molecule has 4 heterocycles. The van der Waals surface area contributed by atoms with Crippen LogP contribution in [0.15, 0.2) is 161 Å². The summed E-state index contributed by atoms with van der Waals surface area (Å²) in [6.45, 7) is 0. The first-order chi connectivity index (χ1) is 23.3. The standard InChI is InChI=1S/C41H25N5S/c1-3-13-26(14-4-1)28-17-11-18-29(25-28)39-42-38(27-15-5-2-6-16-27)43-41(44-39)46-32-21-8-7-19-30(32)36-31-20-12-24-35-37(31)45(40(36)46)33-22-9-10-23-34(33)47-35/h1-25H. The second kappa shape index (κ2) is 10.3. The highest BCUT2D eigenvalue weighted by atomic mass is 32.2. The Kier molecular flexibility index (Phi) is 5.74. The molecule has 0 amide bonds. The lowest BCUT2D eigenvalue weighted by Gasteiger charge is -2.20. The number of nitrogens with zero attached hydrogens (tertiary/aromatic N) is 5. The smallest absolute Gasteiger partial charge is 0.239 e. The molecule has 1 aliphatic heterocycles. The third-order valence-electron chi connectivity index (χ3n) is 8.96. The molecule has 9 aromatic rings. The normalized spacial score (nSPS) is 12.2. The van der Waals surface area contributed by atoms with E-state index in [1.54, 1.807) is 0 Å². The summed E-state index contributed by atoms with van der Waals surface area (Å²) in [6.07, 6.45) is 0. The summed E-state index contributed by atoms with van der Waals surface area (Å²) >= 11 is 1.83. The maximum absolute atomic E-state index is 5.27. The summed E-state index contributed by atoms with van der Waals surface area (Å²) in [4.78, 5) is 18.0. The van der Waals surface area contributed by atoms with Gasteiger partial charge in [-0.3, -0.25) is 9.13 Å². The van der Waals surface area contributed by atoms with Crippen LogP contribution < -0.4 is 0 Å².